The Morgan fingerprint density at radius 2 is 1.79 bits per heavy atom. The van der Waals surface area contributed by atoms with Crippen LogP contribution in [0.1, 0.15) is 38.7 Å². The SMILES string of the molecule is COc1ccc(N(CCC(=O)Nc2ccccc2C(C)C)C(C)=O)c(OC)c1. The number of ether oxygens (including phenoxy) is 2. The number of hydrogen-bond acceptors (Lipinski definition) is 4. The van der Waals surface area contributed by atoms with E-state index in [2.05, 4.69) is 19.2 Å². The Labute approximate surface area is 166 Å². The quantitative estimate of drug-likeness (QED) is 0.740. The molecule has 0 unspecified atom stereocenters. The molecular weight excluding hydrogens is 356 g/mol. The Morgan fingerprint density at radius 3 is 2.39 bits per heavy atom. The minimum atomic E-state index is -0.168. The van der Waals surface area contributed by atoms with Gasteiger partial charge in [-0.3, -0.25) is 9.59 Å². The molecule has 0 aliphatic carbocycles. The molecule has 1 N–H and O–H groups in total. The van der Waals surface area contributed by atoms with Crippen LogP contribution in [-0.2, 0) is 9.59 Å². The van der Waals surface area contributed by atoms with Crippen LogP contribution in [-0.4, -0.2) is 32.6 Å². The predicted octanol–water partition coefficient (Wildman–Crippen LogP) is 4.21. The lowest BCUT2D eigenvalue weighted by Crippen LogP contribution is -2.32. The summed E-state index contributed by atoms with van der Waals surface area (Å²) in [6.45, 7) is 5.88. The van der Waals surface area contributed by atoms with Gasteiger partial charge in [-0.25, -0.2) is 0 Å². The van der Waals surface area contributed by atoms with Crippen LogP contribution < -0.4 is 19.7 Å². The molecule has 2 aromatic rings. The molecule has 0 radical (unpaired) electrons. The first kappa shape index (κ1) is 21.3. The van der Waals surface area contributed by atoms with E-state index in [1.54, 1.807) is 25.3 Å². The van der Waals surface area contributed by atoms with E-state index < -0.39 is 0 Å². The minimum absolute atomic E-state index is 0.146. The van der Waals surface area contributed by atoms with Crippen LogP contribution in [0.4, 0.5) is 11.4 Å². The Kier molecular flexibility index (Phi) is 7.44. The van der Waals surface area contributed by atoms with Crippen LogP contribution >= 0.6 is 0 Å². The summed E-state index contributed by atoms with van der Waals surface area (Å²) >= 11 is 0. The number of carbonyl (C=O) groups excluding carboxylic acids is 2. The molecule has 0 aliphatic heterocycles. The molecule has 6 nitrogen and oxygen atoms in total. The number of hydrogen-bond donors (Lipinski definition) is 1. The number of nitrogens with one attached hydrogen (secondary N) is 1. The molecule has 0 heterocycles. The molecule has 2 aromatic carbocycles. The van der Waals surface area contributed by atoms with E-state index in [0.717, 1.165) is 11.3 Å². The highest BCUT2D eigenvalue weighted by Gasteiger charge is 2.18. The fraction of sp³-hybridized carbons (Fsp3) is 0.364. The number of methoxy groups -OCH3 is 2. The highest BCUT2D eigenvalue weighted by Crippen LogP contribution is 2.32. The number of para-hydroxylation sites is 1. The number of amides is 2. The molecule has 0 saturated carbocycles. The minimum Gasteiger partial charge on any atom is -0.497 e. The maximum Gasteiger partial charge on any atom is 0.226 e. The zero-order valence-corrected chi connectivity index (χ0v) is 17.1. The summed E-state index contributed by atoms with van der Waals surface area (Å²) in [6, 6.07) is 13.0. The van der Waals surface area contributed by atoms with Gasteiger partial charge in [-0.15, -0.1) is 0 Å². The van der Waals surface area contributed by atoms with Crippen molar-refractivity contribution in [2.75, 3.05) is 31.0 Å². The van der Waals surface area contributed by atoms with Gasteiger partial charge in [0.25, 0.3) is 0 Å². The molecule has 0 saturated heterocycles. The first-order chi connectivity index (χ1) is 13.4. The van der Waals surface area contributed by atoms with Gasteiger partial charge in [0.1, 0.15) is 11.5 Å². The maximum atomic E-state index is 12.5. The van der Waals surface area contributed by atoms with Gasteiger partial charge in [0.05, 0.1) is 19.9 Å². The summed E-state index contributed by atoms with van der Waals surface area (Å²) < 4.78 is 10.6. The fourth-order valence-corrected chi connectivity index (χ4v) is 3.00. The molecule has 6 heteroatoms. The number of carbonyl (C=O) groups is 2. The third-order valence-corrected chi connectivity index (χ3v) is 4.48. The van der Waals surface area contributed by atoms with Crippen molar-refractivity contribution in [2.24, 2.45) is 0 Å². The van der Waals surface area contributed by atoms with Crippen molar-refractivity contribution in [1.29, 1.82) is 0 Å². The second kappa shape index (κ2) is 9.78. The van der Waals surface area contributed by atoms with Crippen LogP contribution in [0.2, 0.25) is 0 Å². The number of anilines is 2. The zero-order valence-electron chi connectivity index (χ0n) is 17.1. The average Bonchev–Trinajstić information content (AvgIpc) is 2.68. The Bertz CT molecular complexity index is 833. The molecule has 0 spiro atoms. The molecule has 2 amide bonds. The molecule has 2 rings (SSSR count). The molecule has 0 bridgehead atoms. The van der Waals surface area contributed by atoms with Gasteiger partial charge < -0.3 is 19.7 Å². The summed E-state index contributed by atoms with van der Waals surface area (Å²) in [7, 11) is 3.10. The van der Waals surface area contributed by atoms with Crippen molar-refractivity contribution >= 4 is 23.2 Å². The first-order valence-corrected chi connectivity index (χ1v) is 9.26. The van der Waals surface area contributed by atoms with Gasteiger partial charge in [0.2, 0.25) is 11.8 Å². The third kappa shape index (κ3) is 5.25. The summed E-state index contributed by atoms with van der Waals surface area (Å²) in [5.41, 5.74) is 2.49. The summed E-state index contributed by atoms with van der Waals surface area (Å²) in [5, 5.41) is 2.96. The van der Waals surface area contributed by atoms with E-state index in [-0.39, 0.29) is 24.8 Å². The lowest BCUT2D eigenvalue weighted by Gasteiger charge is -2.23. The average molecular weight is 384 g/mol. The van der Waals surface area contributed by atoms with E-state index in [0.29, 0.717) is 23.1 Å². The summed E-state index contributed by atoms with van der Waals surface area (Å²) in [4.78, 5) is 26.2. The van der Waals surface area contributed by atoms with Crippen molar-refractivity contribution in [1.82, 2.24) is 0 Å². The third-order valence-electron chi connectivity index (χ3n) is 4.48. The summed E-state index contributed by atoms with van der Waals surface area (Å²) in [5.74, 6) is 1.13. The number of rotatable bonds is 8. The van der Waals surface area contributed by atoms with Crippen molar-refractivity contribution in [3.8, 4) is 11.5 Å². The van der Waals surface area contributed by atoms with E-state index >= 15 is 0 Å². The van der Waals surface area contributed by atoms with Gasteiger partial charge in [-0.1, -0.05) is 32.0 Å². The van der Waals surface area contributed by atoms with Crippen LogP contribution in [0.25, 0.3) is 0 Å². The Hall–Kier alpha value is -3.02. The highest BCUT2D eigenvalue weighted by molar-refractivity contribution is 5.96. The fourth-order valence-electron chi connectivity index (χ4n) is 3.00. The normalized spacial score (nSPS) is 10.5. The van der Waals surface area contributed by atoms with Crippen molar-refractivity contribution in [3.63, 3.8) is 0 Å². The monoisotopic (exact) mass is 384 g/mol. The van der Waals surface area contributed by atoms with Gasteiger partial charge in [0, 0.05) is 31.6 Å². The topological polar surface area (TPSA) is 67.9 Å². The van der Waals surface area contributed by atoms with Crippen molar-refractivity contribution in [3.05, 3.63) is 48.0 Å². The molecule has 0 aliphatic rings. The lowest BCUT2D eigenvalue weighted by molar-refractivity contribution is -0.117. The molecule has 0 atom stereocenters. The number of benzene rings is 2. The molecular formula is C22H28N2O4. The second-order valence-corrected chi connectivity index (χ2v) is 6.75. The van der Waals surface area contributed by atoms with Crippen molar-refractivity contribution in [2.45, 2.75) is 33.1 Å². The molecule has 28 heavy (non-hydrogen) atoms. The first-order valence-electron chi connectivity index (χ1n) is 9.26. The highest BCUT2D eigenvalue weighted by atomic mass is 16.5. The van der Waals surface area contributed by atoms with Gasteiger partial charge >= 0.3 is 0 Å². The lowest BCUT2D eigenvalue weighted by atomic mass is 10.0. The van der Waals surface area contributed by atoms with E-state index in [9.17, 15) is 9.59 Å². The van der Waals surface area contributed by atoms with E-state index in [1.165, 1.54) is 18.9 Å². The second-order valence-electron chi connectivity index (χ2n) is 6.75. The van der Waals surface area contributed by atoms with Crippen molar-refractivity contribution < 1.29 is 19.1 Å². The zero-order chi connectivity index (χ0) is 20.7. The Balaban J connectivity index is 2.12. The van der Waals surface area contributed by atoms with Crippen LogP contribution in [0.15, 0.2) is 42.5 Å². The molecule has 0 fully saturated rings. The van der Waals surface area contributed by atoms with Gasteiger partial charge in [-0.2, -0.15) is 0 Å². The van der Waals surface area contributed by atoms with E-state index in [1.807, 2.05) is 24.3 Å². The molecule has 150 valence electrons. The van der Waals surface area contributed by atoms with Crippen LogP contribution in [0.5, 0.6) is 11.5 Å². The van der Waals surface area contributed by atoms with Gasteiger partial charge in [-0.05, 0) is 29.7 Å². The smallest absolute Gasteiger partial charge is 0.226 e. The predicted molar refractivity (Wildman–Crippen MR) is 111 cm³/mol. The van der Waals surface area contributed by atoms with E-state index in [4.69, 9.17) is 9.47 Å². The standard InChI is InChI=1S/C22H28N2O4/c1-15(2)18-8-6-7-9-19(18)23-22(26)12-13-24(16(3)25)20-11-10-17(27-4)14-21(20)28-5/h6-11,14-15H,12-13H2,1-5H3,(H,23,26). The largest absolute Gasteiger partial charge is 0.497 e. The van der Waals surface area contributed by atoms with Gasteiger partial charge in [0.15, 0.2) is 0 Å². The van der Waals surface area contributed by atoms with Crippen LogP contribution in [0.3, 0.4) is 0 Å². The molecule has 0 aromatic heterocycles. The maximum absolute atomic E-state index is 12.5. The number of nitrogens with zero attached hydrogens (tertiary/aromatic N) is 1. The van der Waals surface area contributed by atoms with Crippen LogP contribution in [0, 0.1) is 0 Å². The Morgan fingerprint density at radius 1 is 1.07 bits per heavy atom. The summed E-state index contributed by atoms with van der Waals surface area (Å²) in [6.07, 6.45) is 0.168.